The number of aryl methyl sites for hydroxylation is 1. The molecule has 0 bridgehead atoms. The minimum atomic E-state index is -0.106. The molecular weight excluding hydrogens is 322 g/mol. The van der Waals surface area contributed by atoms with Crippen LogP contribution in [0.5, 0.6) is 11.5 Å². The van der Waals surface area contributed by atoms with Gasteiger partial charge in [-0.2, -0.15) is 0 Å². The van der Waals surface area contributed by atoms with E-state index < -0.39 is 0 Å². The van der Waals surface area contributed by atoms with Crippen LogP contribution in [0.4, 0.5) is 4.79 Å². The van der Waals surface area contributed by atoms with E-state index in [1.807, 2.05) is 37.3 Å². The van der Waals surface area contributed by atoms with Crippen molar-refractivity contribution in [3.8, 4) is 11.5 Å². The number of nitrogens with one attached hydrogen (secondary N) is 1. The van der Waals surface area contributed by atoms with Gasteiger partial charge in [-0.3, -0.25) is 0 Å². The number of urea groups is 1. The lowest BCUT2D eigenvalue weighted by molar-refractivity contribution is 0.180. The Morgan fingerprint density at radius 1 is 1.40 bits per heavy atom. The molecule has 1 N–H and O–H groups in total. The average Bonchev–Trinajstić information content (AvgIpc) is 3.27. The summed E-state index contributed by atoms with van der Waals surface area (Å²) < 4.78 is 16.1. The summed E-state index contributed by atoms with van der Waals surface area (Å²) in [5.74, 6) is 2.20. The number of carbonyl (C=O) groups is 1. The number of nitrogens with zero attached hydrogens (tertiary/aromatic N) is 2. The lowest BCUT2D eigenvalue weighted by Crippen LogP contribution is -2.41. The Morgan fingerprint density at radius 2 is 2.24 bits per heavy atom. The second-order valence-corrected chi connectivity index (χ2v) is 5.98. The SMILES string of the molecule is COc1cccc(OCCNC(=O)N2CCCC2c2cc(C)no2)c1. The van der Waals surface area contributed by atoms with Crippen molar-refractivity contribution in [1.82, 2.24) is 15.4 Å². The van der Waals surface area contributed by atoms with E-state index in [0.717, 1.165) is 30.0 Å². The molecule has 1 aromatic heterocycles. The van der Waals surface area contributed by atoms with Gasteiger partial charge in [0.2, 0.25) is 0 Å². The molecule has 134 valence electrons. The van der Waals surface area contributed by atoms with Crippen molar-refractivity contribution in [1.29, 1.82) is 0 Å². The molecule has 0 aliphatic carbocycles. The average molecular weight is 345 g/mol. The van der Waals surface area contributed by atoms with Crippen LogP contribution in [-0.4, -0.2) is 42.9 Å². The van der Waals surface area contributed by atoms with E-state index >= 15 is 0 Å². The van der Waals surface area contributed by atoms with Crippen molar-refractivity contribution in [2.45, 2.75) is 25.8 Å². The summed E-state index contributed by atoms with van der Waals surface area (Å²) in [6, 6.07) is 9.13. The molecule has 2 aromatic rings. The van der Waals surface area contributed by atoms with E-state index in [9.17, 15) is 4.79 Å². The summed E-state index contributed by atoms with van der Waals surface area (Å²) in [4.78, 5) is 14.2. The molecule has 0 saturated carbocycles. The summed E-state index contributed by atoms with van der Waals surface area (Å²) in [6.45, 7) is 3.41. The maximum atomic E-state index is 12.4. The number of carbonyl (C=O) groups excluding carboxylic acids is 1. The largest absolute Gasteiger partial charge is 0.497 e. The number of hydrogen-bond donors (Lipinski definition) is 1. The molecular formula is C18H23N3O4. The van der Waals surface area contributed by atoms with Gasteiger partial charge in [-0.1, -0.05) is 11.2 Å². The fourth-order valence-electron chi connectivity index (χ4n) is 2.97. The van der Waals surface area contributed by atoms with Crippen molar-refractivity contribution >= 4 is 6.03 Å². The molecule has 0 radical (unpaired) electrons. The molecule has 1 aromatic carbocycles. The minimum absolute atomic E-state index is 0.0412. The maximum absolute atomic E-state index is 12.4. The quantitative estimate of drug-likeness (QED) is 0.815. The molecule has 2 heterocycles. The number of benzene rings is 1. The van der Waals surface area contributed by atoms with Crippen LogP contribution in [0.2, 0.25) is 0 Å². The highest BCUT2D eigenvalue weighted by Crippen LogP contribution is 2.32. The van der Waals surface area contributed by atoms with Gasteiger partial charge < -0.3 is 24.2 Å². The van der Waals surface area contributed by atoms with E-state index in [2.05, 4.69) is 10.5 Å². The molecule has 3 rings (SSSR count). The van der Waals surface area contributed by atoms with Crippen LogP contribution in [-0.2, 0) is 0 Å². The van der Waals surface area contributed by atoms with E-state index in [1.54, 1.807) is 12.0 Å². The second-order valence-electron chi connectivity index (χ2n) is 5.98. The maximum Gasteiger partial charge on any atom is 0.318 e. The zero-order chi connectivity index (χ0) is 17.6. The summed E-state index contributed by atoms with van der Waals surface area (Å²) in [5.41, 5.74) is 0.828. The monoisotopic (exact) mass is 345 g/mol. The van der Waals surface area contributed by atoms with Crippen LogP contribution in [0, 0.1) is 6.92 Å². The van der Waals surface area contributed by atoms with Crippen LogP contribution in [0.15, 0.2) is 34.9 Å². The van der Waals surface area contributed by atoms with Crippen LogP contribution in [0.3, 0.4) is 0 Å². The van der Waals surface area contributed by atoms with Gasteiger partial charge in [-0.25, -0.2) is 4.79 Å². The van der Waals surface area contributed by atoms with Crippen molar-refractivity contribution in [3.05, 3.63) is 41.8 Å². The summed E-state index contributed by atoms with van der Waals surface area (Å²) in [7, 11) is 1.61. The van der Waals surface area contributed by atoms with Gasteiger partial charge in [0.15, 0.2) is 5.76 Å². The standard InChI is InChI=1S/C18H23N3O4/c1-13-11-17(25-20-13)16-7-4-9-21(16)18(22)19-8-10-24-15-6-3-5-14(12-15)23-2/h3,5-6,11-12,16H,4,7-10H2,1-2H3,(H,19,22). The fraction of sp³-hybridized carbons (Fsp3) is 0.444. The third-order valence-corrected chi connectivity index (χ3v) is 4.18. The van der Waals surface area contributed by atoms with Gasteiger partial charge in [0.1, 0.15) is 18.1 Å². The Bertz CT molecular complexity index is 716. The van der Waals surface area contributed by atoms with Gasteiger partial charge in [-0.15, -0.1) is 0 Å². The van der Waals surface area contributed by atoms with Crippen molar-refractivity contribution in [3.63, 3.8) is 0 Å². The molecule has 1 aliphatic heterocycles. The zero-order valence-corrected chi connectivity index (χ0v) is 14.5. The predicted octanol–water partition coefficient (Wildman–Crippen LogP) is 2.92. The van der Waals surface area contributed by atoms with Gasteiger partial charge in [0.25, 0.3) is 0 Å². The smallest absolute Gasteiger partial charge is 0.318 e. The number of methoxy groups -OCH3 is 1. The highest BCUT2D eigenvalue weighted by Gasteiger charge is 2.32. The Labute approximate surface area is 146 Å². The Balaban J connectivity index is 1.47. The van der Waals surface area contributed by atoms with Crippen molar-refractivity contribution in [2.24, 2.45) is 0 Å². The molecule has 7 heteroatoms. The molecule has 25 heavy (non-hydrogen) atoms. The first kappa shape index (κ1) is 17.1. The number of hydrogen-bond acceptors (Lipinski definition) is 5. The van der Waals surface area contributed by atoms with Gasteiger partial charge in [0, 0.05) is 18.7 Å². The summed E-state index contributed by atoms with van der Waals surface area (Å²) in [6.07, 6.45) is 1.85. The fourth-order valence-corrected chi connectivity index (χ4v) is 2.97. The third kappa shape index (κ3) is 4.23. The topological polar surface area (TPSA) is 76.8 Å². The van der Waals surface area contributed by atoms with E-state index in [4.69, 9.17) is 14.0 Å². The normalized spacial score (nSPS) is 16.7. The first-order chi connectivity index (χ1) is 12.2. The Morgan fingerprint density at radius 3 is 3.00 bits per heavy atom. The predicted molar refractivity (Wildman–Crippen MR) is 91.8 cm³/mol. The van der Waals surface area contributed by atoms with Crippen LogP contribution in [0.25, 0.3) is 0 Å². The third-order valence-electron chi connectivity index (χ3n) is 4.18. The highest BCUT2D eigenvalue weighted by molar-refractivity contribution is 5.75. The number of likely N-dealkylation sites (tertiary alicyclic amines) is 1. The molecule has 1 atom stereocenters. The van der Waals surface area contributed by atoms with Gasteiger partial charge in [0.05, 0.1) is 25.4 Å². The van der Waals surface area contributed by atoms with Crippen LogP contribution >= 0.6 is 0 Å². The molecule has 7 nitrogen and oxygen atoms in total. The first-order valence-corrected chi connectivity index (χ1v) is 8.42. The number of rotatable bonds is 6. The van der Waals surface area contributed by atoms with Gasteiger partial charge >= 0.3 is 6.03 Å². The molecule has 0 spiro atoms. The van der Waals surface area contributed by atoms with Crippen molar-refractivity contribution < 1.29 is 18.8 Å². The molecule has 1 aliphatic rings. The summed E-state index contributed by atoms with van der Waals surface area (Å²) >= 11 is 0. The zero-order valence-electron chi connectivity index (χ0n) is 14.5. The molecule has 2 amide bonds. The van der Waals surface area contributed by atoms with Gasteiger partial charge in [-0.05, 0) is 31.9 Å². The van der Waals surface area contributed by atoms with Crippen LogP contribution in [0.1, 0.15) is 30.3 Å². The van der Waals surface area contributed by atoms with E-state index in [0.29, 0.717) is 25.4 Å². The number of amides is 2. The first-order valence-electron chi connectivity index (χ1n) is 8.42. The minimum Gasteiger partial charge on any atom is -0.497 e. The van der Waals surface area contributed by atoms with Crippen LogP contribution < -0.4 is 14.8 Å². The molecule has 1 saturated heterocycles. The number of aromatic nitrogens is 1. The number of ether oxygens (including phenoxy) is 2. The Hall–Kier alpha value is -2.70. The lowest BCUT2D eigenvalue weighted by Gasteiger charge is -2.23. The highest BCUT2D eigenvalue weighted by atomic mass is 16.5. The lowest BCUT2D eigenvalue weighted by atomic mass is 10.1. The van der Waals surface area contributed by atoms with E-state index in [-0.39, 0.29) is 12.1 Å². The van der Waals surface area contributed by atoms with E-state index in [1.165, 1.54) is 0 Å². The Kier molecular flexibility index (Phi) is 5.42. The molecule has 1 fully saturated rings. The molecule has 1 unspecified atom stereocenters. The summed E-state index contributed by atoms with van der Waals surface area (Å²) in [5, 5.41) is 6.81. The second kappa shape index (κ2) is 7.92. The van der Waals surface area contributed by atoms with Crippen molar-refractivity contribution in [2.75, 3.05) is 26.8 Å².